The van der Waals surface area contributed by atoms with Crippen molar-refractivity contribution in [1.82, 2.24) is 0 Å². The minimum absolute atomic E-state index is 0.340. The lowest BCUT2D eigenvalue weighted by atomic mass is 9.85. The van der Waals surface area contributed by atoms with Crippen molar-refractivity contribution in [1.29, 1.82) is 0 Å². The summed E-state index contributed by atoms with van der Waals surface area (Å²) < 4.78 is 30.5. The highest BCUT2D eigenvalue weighted by atomic mass is 28.3. The molecule has 0 amide bonds. The number of alkyl halides is 2. The van der Waals surface area contributed by atoms with Gasteiger partial charge in [0.25, 0.3) is 6.43 Å². The number of hydrogen-bond donors (Lipinski definition) is 1. The smallest absolute Gasteiger partial charge is 0.255 e. The summed E-state index contributed by atoms with van der Waals surface area (Å²) >= 11 is 0. The fourth-order valence-corrected chi connectivity index (χ4v) is 2.47. The molecule has 0 heterocycles. The SMILES string of the molecule is C[SiH](C)OC([C@H](N)C(F)F)C(C)(C)C. The van der Waals surface area contributed by atoms with Crippen molar-refractivity contribution in [3.63, 3.8) is 0 Å². The number of halogens is 2. The zero-order valence-corrected chi connectivity index (χ0v) is 10.7. The van der Waals surface area contributed by atoms with Gasteiger partial charge < -0.3 is 10.2 Å². The highest BCUT2D eigenvalue weighted by Crippen LogP contribution is 2.27. The molecule has 0 aromatic heterocycles. The Morgan fingerprint density at radius 1 is 1.21 bits per heavy atom. The van der Waals surface area contributed by atoms with Gasteiger partial charge in [0, 0.05) is 0 Å². The summed E-state index contributed by atoms with van der Waals surface area (Å²) in [5.74, 6) is 0. The van der Waals surface area contributed by atoms with Gasteiger partial charge in [0.15, 0.2) is 9.04 Å². The molecule has 2 nitrogen and oxygen atoms in total. The van der Waals surface area contributed by atoms with Crippen molar-refractivity contribution in [2.45, 2.75) is 52.4 Å². The van der Waals surface area contributed by atoms with Crippen molar-refractivity contribution >= 4 is 9.04 Å². The number of hydrogen-bond acceptors (Lipinski definition) is 2. The Hall–Kier alpha value is -0.00312. The van der Waals surface area contributed by atoms with E-state index in [2.05, 4.69) is 0 Å². The monoisotopic (exact) mass is 225 g/mol. The topological polar surface area (TPSA) is 35.2 Å². The van der Waals surface area contributed by atoms with E-state index < -0.39 is 27.6 Å². The van der Waals surface area contributed by atoms with Crippen LogP contribution in [0.3, 0.4) is 0 Å². The number of rotatable bonds is 4. The maximum absolute atomic E-state index is 12.5. The quantitative estimate of drug-likeness (QED) is 0.743. The largest absolute Gasteiger partial charge is 0.415 e. The third kappa shape index (κ3) is 4.48. The molecule has 0 saturated heterocycles. The van der Waals surface area contributed by atoms with E-state index >= 15 is 0 Å². The summed E-state index contributed by atoms with van der Waals surface area (Å²) in [5.41, 5.74) is 5.10. The average molecular weight is 225 g/mol. The molecule has 0 rings (SSSR count). The standard InChI is InChI=1S/C9H21F2NOSi/c1-9(2,3)7(13-14(4)5)6(12)8(10)11/h6-8,14H,12H2,1-5H3/t6-,7?/m0/s1. The predicted octanol–water partition coefficient (Wildman–Crippen LogP) is 1.99. The first kappa shape index (κ1) is 14.0. The second-order valence-corrected chi connectivity index (χ2v) is 7.25. The molecule has 0 aliphatic rings. The zero-order chi connectivity index (χ0) is 11.5. The van der Waals surface area contributed by atoms with Crippen molar-refractivity contribution in [2.24, 2.45) is 11.1 Å². The Bertz CT molecular complexity index is 171. The highest BCUT2D eigenvalue weighted by Gasteiger charge is 2.36. The molecule has 2 N–H and O–H groups in total. The highest BCUT2D eigenvalue weighted by molar-refractivity contribution is 6.48. The summed E-state index contributed by atoms with van der Waals surface area (Å²) in [6, 6.07) is -1.19. The molecule has 0 aromatic carbocycles. The molecule has 86 valence electrons. The lowest BCUT2D eigenvalue weighted by molar-refractivity contribution is -0.00461. The van der Waals surface area contributed by atoms with Crippen LogP contribution in [0.2, 0.25) is 13.1 Å². The van der Waals surface area contributed by atoms with Gasteiger partial charge >= 0.3 is 0 Å². The molecule has 0 aliphatic heterocycles. The maximum atomic E-state index is 12.5. The molecule has 0 fully saturated rings. The van der Waals surface area contributed by atoms with E-state index in [0.29, 0.717) is 0 Å². The molecule has 0 saturated carbocycles. The van der Waals surface area contributed by atoms with E-state index in [4.69, 9.17) is 10.2 Å². The van der Waals surface area contributed by atoms with Gasteiger partial charge in [-0.3, -0.25) is 0 Å². The van der Waals surface area contributed by atoms with Crippen LogP contribution in [0.15, 0.2) is 0 Å². The molecule has 0 aromatic rings. The molecular formula is C9H21F2NOSi. The van der Waals surface area contributed by atoms with E-state index in [1.807, 2.05) is 33.9 Å². The van der Waals surface area contributed by atoms with E-state index in [0.717, 1.165) is 0 Å². The molecular weight excluding hydrogens is 204 g/mol. The van der Waals surface area contributed by atoms with Crippen LogP contribution in [0.1, 0.15) is 20.8 Å². The Kier molecular flexibility index (Phi) is 5.18. The minimum Gasteiger partial charge on any atom is -0.415 e. The van der Waals surface area contributed by atoms with Crippen molar-refractivity contribution in [2.75, 3.05) is 0 Å². The molecule has 2 atom stereocenters. The molecule has 0 radical (unpaired) electrons. The summed E-state index contributed by atoms with van der Waals surface area (Å²) in [7, 11) is -1.34. The van der Waals surface area contributed by atoms with Crippen LogP contribution >= 0.6 is 0 Å². The summed E-state index contributed by atoms with van der Waals surface area (Å²) in [6.07, 6.45) is -3.08. The van der Waals surface area contributed by atoms with Crippen molar-refractivity contribution < 1.29 is 13.2 Å². The molecule has 1 unspecified atom stereocenters. The van der Waals surface area contributed by atoms with Crippen LogP contribution in [-0.4, -0.2) is 27.6 Å². The Labute approximate surface area is 86.5 Å². The minimum atomic E-state index is -2.52. The van der Waals surface area contributed by atoms with Crippen molar-refractivity contribution in [3.8, 4) is 0 Å². The van der Waals surface area contributed by atoms with E-state index in [9.17, 15) is 8.78 Å². The fraction of sp³-hybridized carbons (Fsp3) is 1.00. The van der Waals surface area contributed by atoms with Gasteiger partial charge in [0.05, 0.1) is 12.1 Å². The second kappa shape index (κ2) is 5.18. The van der Waals surface area contributed by atoms with Gasteiger partial charge in [-0.2, -0.15) is 0 Å². The fourth-order valence-electron chi connectivity index (χ4n) is 1.30. The zero-order valence-electron chi connectivity index (χ0n) is 9.55. The van der Waals surface area contributed by atoms with E-state index in [-0.39, 0.29) is 5.41 Å². The summed E-state index contributed by atoms with van der Waals surface area (Å²) in [4.78, 5) is 0. The van der Waals surface area contributed by atoms with E-state index in [1.165, 1.54) is 0 Å². The van der Waals surface area contributed by atoms with Crippen LogP contribution < -0.4 is 5.73 Å². The van der Waals surface area contributed by atoms with Crippen LogP contribution in [0, 0.1) is 5.41 Å². The molecule has 0 aliphatic carbocycles. The summed E-state index contributed by atoms with van der Waals surface area (Å²) in [5, 5.41) is 0. The first-order valence-electron chi connectivity index (χ1n) is 4.85. The predicted molar refractivity (Wildman–Crippen MR) is 57.2 cm³/mol. The maximum Gasteiger partial charge on any atom is 0.255 e. The molecule has 14 heavy (non-hydrogen) atoms. The van der Waals surface area contributed by atoms with Gasteiger partial charge in [-0.1, -0.05) is 20.8 Å². The lowest BCUT2D eigenvalue weighted by Gasteiger charge is -2.36. The normalized spacial score (nSPS) is 17.6. The molecule has 5 heteroatoms. The Balaban J connectivity index is 4.56. The summed E-state index contributed by atoms with van der Waals surface area (Å²) in [6.45, 7) is 9.53. The van der Waals surface area contributed by atoms with Gasteiger partial charge in [0.1, 0.15) is 0 Å². The van der Waals surface area contributed by atoms with Gasteiger partial charge in [0.2, 0.25) is 0 Å². The van der Waals surface area contributed by atoms with Crippen LogP contribution in [0.25, 0.3) is 0 Å². The Morgan fingerprint density at radius 3 is 1.86 bits per heavy atom. The molecule has 0 bridgehead atoms. The van der Waals surface area contributed by atoms with Crippen LogP contribution in [0.5, 0.6) is 0 Å². The molecule has 0 spiro atoms. The van der Waals surface area contributed by atoms with Crippen LogP contribution in [0.4, 0.5) is 8.78 Å². The Morgan fingerprint density at radius 2 is 1.64 bits per heavy atom. The first-order valence-corrected chi connectivity index (χ1v) is 7.63. The van der Waals surface area contributed by atoms with E-state index in [1.54, 1.807) is 0 Å². The van der Waals surface area contributed by atoms with Gasteiger partial charge in [-0.25, -0.2) is 8.78 Å². The first-order chi connectivity index (χ1) is 6.16. The average Bonchev–Trinajstić information content (AvgIpc) is 1.96. The second-order valence-electron chi connectivity index (χ2n) is 4.88. The van der Waals surface area contributed by atoms with Gasteiger partial charge in [-0.05, 0) is 18.5 Å². The third-order valence-electron chi connectivity index (χ3n) is 1.91. The third-order valence-corrected chi connectivity index (χ3v) is 2.75. The van der Waals surface area contributed by atoms with Crippen molar-refractivity contribution in [3.05, 3.63) is 0 Å². The number of nitrogens with two attached hydrogens (primary N) is 1. The lowest BCUT2D eigenvalue weighted by Crippen LogP contribution is -2.50. The van der Waals surface area contributed by atoms with Gasteiger partial charge in [-0.15, -0.1) is 0 Å². The van der Waals surface area contributed by atoms with Crippen LogP contribution in [-0.2, 0) is 4.43 Å².